The molecule has 0 radical (unpaired) electrons. The minimum absolute atomic E-state index is 0.0433. The van der Waals surface area contributed by atoms with Crippen molar-refractivity contribution >= 4 is 39.5 Å². The Morgan fingerprint density at radius 3 is 2.05 bits per heavy atom. The van der Waals surface area contributed by atoms with Gasteiger partial charge in [-0.2, -0.15) is 0 Å². The summed E-state index contributed by atoms with van der Waals surface area (Å²) in [4.78, 5) is 75.8. The Kier molecular flexibility index (Phi) is 11.3. The van der Waals surface area contributed by atoms with E-state index >= 15 is 4.79 Å². The van der Waals surface area contributed by atoms with E-state index in [1.54, 1.807) is 4.90 Å². The highest BCUT2D eigenvalue weighted by Crippen LogP contribution is 2.88. The predicted octanol–water partition coefficient (Wildman–Crippen LogP) is 6.16. The highest BCUT2D eigenvalue weighted by molar-refractivity contribution is 7.90. The zero-order valence-corrected chi connectivity index (χ0v) is 36.6. The topological polar surface area (TPSA) is 159 Å². The third kappa shape index (κ3) is 7.60. The molecule has 2 N–H and O–H groups in total. The Hall–Kier alpha value is -2.54. The van der Waals surface area contributed by atoms with E-state index in [-0.39, 0.29) is 64.5 Å². The van der Waals surface area contributed by atoms with E-state index in [9.17, 15) is 27.6 Å². The molecule has 2 heterocycles. The van der Waals surface area contributed by atoms with Crippen molar-refractivity contribution in [3.05, 3.63) is 0 Å². The van der Waals surface area contributed by atoms with E-state index in [2.05, 4.69) is 28.8 Å². The van der Waals surface area contributed by atoms with Gasteiger partial charge in [0.2, 0.25) is 21.8 Å². The summed E-state index contributed by atoms with van der Waals surface area (Å²) in [5.74, 6) is -2.08. The Morgan fingerprint density at radius 1 is 0.877 bits per heavy atom. The maximum absolute atomic E-state index is 15.2. The number of hydrogen-bond acceptors (Lipinski definition) is 9. The van der Waals surface area contributed by atoms with E-state index in [1.165, 1.54) is 0 Å². The first-order valence-corrected chi connectivity index (χ1v) is 23.8. The van der Waals surface area contributed by atoms with Gasteiger partial charge in [0.05, 0.1) is 22.7 Å². The molecule has 0 aromatic rings. The Labute approximate surface area is 341 Å². The number of carbonyl (C=O) groups excluding carboxylic acids is 5. The molecule has 3 amide bonds. The zero-order chi connectivity index (χ0) is 41.3. The number of nitrogens with one attached hydrogen (secondary N) is 2. The van der Waals surface area contributed by atoms with Crippen LogP contribution in [0.1, 0.15) is 151 Å². The van der Waals surface area contributed by atoms with Gasteiger partial charge in [-0.1, -0.05) is 73.6 Å². The highest BCUT2D eigenvalue weighted by atomic mass is 32.2. The molecule has 320 valence electrons. The van der Waals surface area contributed by atoms with Gasteiger partial charge in [0.1, 0.15) is 6.10 Å². The van der Waals surface area contributed by atoms with Crippen molar-refractivity contribution in [2.75, 3.05) is 26.7 Å². The number of piperidine rings is 1. The average Bonchev–Trinajstić information content (AvgIpc) is 4.08. The summed E-state index contributed by atoms with van der Waals surface area (Å²) in [6.07, 6.45) is 11.1. The number of sulfonamides is 1. The summed E-state index contributed by atoms with van der Waals surface area (Å²) < 4.78 is 33.9. The van der Waals surface area contributed by atoms with Crippen LogP contribution in [-0.2, 0) is 33.9 Å². The average molecular weight is 815 g/mol. The molecule has 0 unspecified atom stereocenters. The number of nitrogens with zero attached hydrogens (tertiary/aromatic N) is 2. The monoisotopic (exact) mass is 814 g/mol. The fourth-order valence-electron chi connectivity index (χ4n) is 12.4. The van der Waals surface area contributed by atoms with Gasteiger partial charge in [-0.3, -0.25) is 23.9 Å². The van der Waals surface area contributed by atoms with E-state index in [0.717, 1.165) is 77.3 Å². The number of amides is 3. The summed E-state index contributed by atoms with van der Waals surface area (Å²) in [5.41, 5.74) is -2.03. The smallest absolute Gasteiger partial charge is 0.408 e. The van der Waals surface area contributed by atoms with Crippen LogP contribution in [0.4, 0.5) is 4.79 Å². The van der Waals surface area contributed by atoms with Crippen molar-refractivity contribution in [2.45, 2.75) is 174 Å². The number of rotatable bonds is 14. The Morgan fingerprint density at radius 2 is 1.53 bits per heavy atom. The van der Waals surface area contributed by atoms with E-state index in [0.29, 0.717) is 38.6 Å². The summed E-state index contributed by atoms with van der Waals surface area (Å²) in [5, 5.41) is 2.44. The van der Waals surface area contributed by atoms with Crippen LogP contribution >= 0.6 is 0 Å². The van der Waals surface area contributed by atoms with Gasteiger partial charge in [-0.15, -0.1) is 0 Å². The summed E-state index contributed by atoms with van der Waals surface area (Å²) in [6.45, 7) is 14.5. The van der Waals surface area contributed by atoms with Crippen LogP contribution in [-0.4, -0.2) is 97.8 Å². The second-order valence-corrected chi connectivity index (χ2v) is 23.1. The number of Topliss-reactive ketones (excluding diaryl/α,β-unsaturated/α-hetero) is 2. The number of carbonyl (C=O) groups is 5. The molecule has 5 aliphatic carbocycles. The maximum Gasteiger partial charge on any atom is 0.408 e. The first-order valence-electron chi connectivity index (χ1n) is 22.3. The lowest BCUT2D eigenvalue weighted by Gasteiger charge is -2.37. The molecule has 0 bridgehead atoms. The molecule has 12 nitrogen and oxygen atoms in total. The van der Waals surface area contributed by atoms with Crippen molar-refractivity contribution in [1.82, 2.24) is 19.8 Å². The second-order valence-electron chi connectivity index (χ2n) is 21.1. The molecule has 2 spiro atoms. The predicted molar refractivity (Wildman–Crippen MR) is 216 cm³/mol. The fourth-order valence-corrected chi connectivity index (χ4v) is 13.8. The van der Waals surface area contributed by atoms with Crippen LogP contribution in [0.5, 0.6) is 0 Å². The van der Waals surface area contributed by atoms with Crippen LogP contribution in [0, 0.1) is 44.8 Å². The lowest BCUT2D eigenvalue weighted by Crippen LogP contribution is -2.51. The molecule has 5 saturated carbocycles. The van der Waals surface area contributed by atoms with Gasteiger partial charge in [-0.25, -0.2) is 13.2 Å². The van der Waals surface area contributed by atoms with Gasteiger partial charge in [0.15, 0.2) is 11.6 Å². The molecule has 57 heavy (non-hydrogen) atoms. The van der Waals surface area contributed by atoms with E-state index in [1.807, 2.05) is 34.7 Å². The molecule has 0 aromatic heterocycles. The van der Waals surface area contributed by atoms with E-state index in [4.69, 9.17) is 4.74 Å². The number of likely N-dealkylation sites (tertiary alicyclic amines) is 2. The Balaban J connectivity index is 1.13. The van der Waals surface area contributed by atoms with Crippen LogP contribution in [0.3, 0.4) is 0 Å². The summed E-state index contributed by atoms with van der Waals surface area (Å²) in [7, 11) is -1.74. The largest absolute Gasteiger partial charge is 0.446 e. The van der Waals surface area contributed by atoms with Crippen LogP contribution in [0.15, 0.2) is 0 Å². The van der Waals surface area contributed by atoms with Gasteiger partial charge in [-0.05, 0) is 99.3 Å². The zero-order valence-electron chi connectivity index (χ0n) is 35.8. The SMILES string of the molecule is CC[C@@H]1C[C@]1(CC(=O)[C@@H]1C[C@@]2(CN1C(=O)[C@@H](CC(=O)[C@@H](NC(=O)OC1CCN(C)CC1)C1CCCCC1)C(C)(C)C)C(C)(C)C21CCC1)C(=O)NS(=O)(=O)C1CC1. The van der Waals surface area contributed by atoms with Crippen molar-refractivity contribution in [1.29, 1.82) is 0 Å². The van der Waals surface area contributed by atoms with Gasteiger partial charge >= 0.3 is 6.09 Å². The summed E-state index contributed by atoms with van der Waals surface area (Å²) in [6, 6.07) is -1.54. The molecule has 0 aromatic carbocycles. The minimum Gasteiger partial charge on any atom is -0.446 e. The van der Waals surface area contributed by atoms with Gasteiger partial charge in [0.25, 0.3) is 0 Å². The van der Waals surface area contributed by atoms with E-state index < -0.39 is 56.1 Å². The number of alkyl carbamates (subject to hydrolysis) is 1. The normalized spacial score (nSPS) is 32.3. The molecule has 2 saturated heterocycles. The van der Waals surface area contributed by atoms with Gasteiger partial charge in [0, 0.05) is 43.8 Å². The third-order valence-corrected chi connectivity index (χ3v) is 18.6. The Bertz CT molecular complexity index is 1720. The first-order chi connectivity index (χ1) is 26.7. The number of ketones is 2. The number of ether oxygens (including phenoxy) is 1. The van der Waals surface area contributed by atoms with Gasteiger partial charge < -0.3 is 19.9 Å². The molecule has 7 rings (SSSR count). The third-order valence-electron chi connectivity index (χ3n) is 16.8. The molecule has 7 aliphatic rings. The lowest BCUT2D eigenvalue weighted by atomic mass is 9.73. The lowest BCUT2D eigenvalue weighted by molar-refractivity contribution is -0.146. The molecule has 7 fully saturated rings. The van der Waals surface area contributed by atoms with Crippen molar-refractivity contribution < 1.29 is 37.1 Å². The fraction of sp³-hybridized carbons (Fsp3) is 0.886. The van der Waals surface area contributed by atoms with Crippen LogP contribution in [0.2, 0.25) is 0 Å². The molecular formula is C44H70N4O8S. The highest BCUT2D eigenvalue weighted by Gasteiger charge is 2.85. The molecular weight excluding hydrogens is 745 g/mol. The molecule has 6 atom stereocenters. The molecule has 2 aliphatic heterocycles. The van der Waals surface area contributed by atoms with Crippen molar-refractivity contribution in [2.24, 2.45) is 44.8 Å². The molecule has 13 heteroatoms. The second kappa shape index (κ2) is 15.2. The number of hydrogen-bond donors (Lipinski definition) is 2. The van der Waals surface area contributed by atoms with Crippen molar-refractivity contribution in [3.63, 3.8) is 0 Å². The quantitative estimate of drug-likeness (QED) is 0.210. The number of fused-ring (bicyclic) bond motifs is 1. The first kappa shape index (κ1) is 42.6. The standard InChI is InChI=1S/C44H70N4O8S/c1-8-29-24-42(29,38(52)46-57(54,55)31-15-16-31)26-35(50)33-25-44(41(5,6)43(44)19-12-20-43)27-48(33)37(51)32(40(2,3)4)23-34(49)36(28-13-10-9-11-14-28)45-39(53)56-30-17-21-47(7)22-18-30/h28-33,36H,8-27H2,1-7H3,(H,45,53)(H,46,52)/t29-,32-,33+,36+,42-,44-/m1/s1. The maximum atomic E-state index is 15.2. The summed E-state index contributed by atoms with van der Waals surface area (Å²) >= 11 is 0. The van der Waals surface area contributed by atoms with Crippen molar-refractivity contribution in [3.8, 4) is 0 Å². The van der Waals surface area contributed by atoms with Crippen LogP contribution in [0.25, 0.3) is 0 Å². The minimum atomic E-state index is -3.79. The van der Waals surface area contributed by atoms with Crippen LogP contribution < -0.4 is 10.0 Å².